The smallest absolute Gasteiger partial charge is 0.158 e. The molecule has 1 aromatic rings. The molecule has 2 unspecified atom stereocenters. The number of nitrogens with zero attached hydrogens (tertiary/aromatic N) is 3. The van der Waals surface area contributed by atoms with E-state index in [4.69, 9.17) is 0 Å². The van der Waals surface area contributed by atoms with Crippen LogP contribution in [0.25, 0.3) is 0 Å². The van der Waals surface area contributed by atoms with E-state index >= 15 is 0 Å². The molecule has 0 radical (unpaired) electrons. The van der Waals surface area contributed by atoms with E-state index in [1.54, 1.807) is 12.4 Å². The quantitative estimate of drug-likeness (QED) is 0.750. The highest BCUT2D eigenvalue weighted by molar-refractivity contribution is 5.71. The number of hydrogen-bond donors (Lipinski definition) is 2. The Hall–Kier alpha value is -1.95. The molecule has 0 aromatic carbocycles. The molecule has 130 valence electrons. The molecule has 1 aliphatic heterocycles. The highest BCUT2D eigenvalue weighted by Gasteiger charge is 2.36. The van der Waals surface area contributed by atoms with Gasteiger partial charge in [-0.05, 0) is 26.2 Å². The van der Waals surface area contributed by atoms with E-state index in [0.29, 0.717) is 6.04 Å². The van der Waals surface area contributed by atoms with Crippen molar-refractivity contribution >= 4 is 11.5 Å². The third-order valence-electron chi connectivity index (χ3n) is 4.49. The molecule has 0 bridgehead atoms. The van der Waals surface area contributed by atoms with Crippen LogP contribution in [-0.2, 0) is 0 Å². The molecule has 1 aliphatic carbocycles. The second-order valence-electron chi connectivity index (χ2n) is 6.37. The Morgan fingerprint density at radius 1 is 1.38 bits per heavy atom. The fraction of sp³-hybridized carbons (Fsp3) is 0.556. The topological polar surface area (TPSA) is 53.1 Å². The Balaban J connectivity index is 1.55. The average Bonchev–Trinajstić information content (AvgIpc) is 3.20. The van der Waals surface area contributed by atoms with Crippen molar-refractivity contribution in [1.82, 2.24) is 15.3 Å². The lowest BCUT2D eigenvalue weighted by Gasteiger charge is -2.31. The largest absolute Gasteiger partial charge is 0.349 e. The van der Waals surface area contributed by atoms with Gasteiger partial charge in [-0.25, -0.2) is 14.4 Å². The molecule has 0 spiro atoms. The summed E-state index contributed by atoms with van der Waals surface area (Å²) in [6, 6.07) is 0.532. The lowest BCUT2D eigenvalue weighted by atomic mass is 10.2. The van der Waals surface area contributed by atoms with E-state index in [0.717, 1.165) is 24.5 Å². The summed E-state index contributed by atoms with van der Waals surface area (Å²) < 4.78 is 12.7. The summed E-state index contributed by atoms with van der Waals surface area (Å²) in [6.07, 6.45) is 15.9. The van der Waals surface area contributed by atoms with Crippen LogP contribution < -0.4 is 15.5 Å². The lowest BCUT2D eigenvalue weighted by molar-refractivity contribution is 0.430. The molecular weight excluding hydrogens is 305 g/mol. The zero-order valence-electron chi connectivity index (χ0n) is 14.2. The first-order valence-electron chi connectivity index (χ1n) is 8.79. The third kappa shape index (κ3) is 4.12. The first kappa shape index (κ1) is 16.9. The molecular formula is C18H26FN5. The van der Waals surface area contributed by atoms with Gasteiger partial charge >= 0.3 is 0 Å². The Bertz CT molecular complexity index is 581. The second-order valence-corrected chi connectivity index (χ2v) is 6.37. The fourth-order valence-electron chi connectivity index (χ4n) is 3.39. The Morgan fingerprint density at radius 2 is 2.21 bits per heavy atom. The van der Waals surface area contributed by atoms with Gasteiger partial charge in [-0.1, -0.05) is 37.1 Å². The second kappa shape index (κ2) is 8.24. The number of rotatable bonds is 7. The van der Waals surface area contributed by atoms with Crippen LogP contribution in [0.4, 0.5) is 15.9 Å². The van der Waals surface area contributed by atoms with Crippen molar-refractivity contribution in [1.29, 1.82) is 0 Å². The monoisotopic (exact) mass is 331 g/mol. The summed E-state index contributed by atoms with van der Waals surface area (Å²) in [5.41, 5.74) is 0.991. The molecule has 2 aliphatic rings. The minimum Gasteiger partial charge on any atom is -0.349 e. The van der Waals surface area contributed by atoms with Crippen LogP contribution >= 0.6 is 0 Å². The molecule has 2 atom stereocenters. The maximum absolute atomic E-state index is 12.7. The summed E-state index contributed by atoms with van der Waals surface area (Å²) in [5, 5.41) is 6.99. The van der Waals surface area contributed by atoms with Gasteiger partial charge in [0, 0.05) is 12.6 Å². The van der Waals surface area contributed by atoms with Gasteiger partial charge in [-0.2, -0.15) is 0 Å². The zero-order valence-corrected chi connectivity index (χ0v) is 14.2. The molecule has 6 heteroatoms. The van der Waals surface area contributed by atoms with Crippen molar-refractivity contribution in [2.75, 3.05) is 16.8 Å². The van der Waals surface area contributed by atoms with Crippen LogP contribution in [-0.4, -0.2) is 35.0 Å². The van der Waals surface area contributed by atoms with Crippen LogP contribution in [0, 0.1) is 0 Å². The Labute approximate surface area is 143 Å². The maximum atomic E-state index is 12.7. The standard InChI is InChI=1S/C18H26FN5/c1-14(19)8-4-2-3-7-11-21-18-23-16-12-20-13-22-17(16)24(18)15-9-5-6-10-15/h3-4,7-8,12-15,18,21,23H,2,5-6,9-11H2,1H3/b7-3-,8-4-. The van der Waals surface area contributed by atoms with Crippen LogP contribution in [0.5, 0.6) is 0 Å². The average molecular weight is 331 g/mol. The fourth-order valence-corrected chi connectivity index (χ4v) is 3.39. The predicted molar refractivity (Wildman–Crippen MR) is 95.6 cm³/mol. The molecule has 1 saturated carbocycles. The van der Waals surface area contributed by atoms with Crippen molar-refractivity contribution < 1.29 is 4.39 Å². The van der Waals surface area contributed by atoms with Crippen molar-refractivity contribution in [2.24, 2.45) is 0 Å². The van der Waals surface area contributed by atoms with Gasteiger partial charge < -0.3 is 10.2 Å². The molecule has 0 amide bonds. The highest BCUT2D eigenvalue weighted by atomic mass is 19.1. The summed E-state index contributed by atoms with van der Waals surface area (Å²) in [7, 11) is 0. The van der Waals surface area contributed by atoms with Crippen molar-refractivity contribution in [2.45, 2.75) is 57.5 Å². The van der Waals surface area contributed by atoms with Gasteiger partial charge in [0.05, 0.1) is 11.9 Å². The van der Waals surface area contributed by atoms with Gasteiger partial charge in [0.25, 0.3) is 0 Å². The van der Waals surface area contributed by atoms with E-state index in [2.05, 4.69) is 31.6 Å². The van der Waals surface area contributed by atoms with E-state index in [1.807, 2.05) is 18.3 Å². The minimum atomic E-state index is -0.876. The first-order chi connectivity index (χ1) is 11.8. The van der Waals surface area contributed by atoms with Crippen LogP contribution in [0.3, 0.4) is 0 Å². The van der Waals surface area contributed by atoms with Gasteiger partial charge in [-0.15, -0.1) is 0 Å². The number of fused-ring (bicyclic) bond motifs is 1. The number of aromatic nitrogens is 2. The SMILES string of the molecule is CC(F)/C=C\C/C=C\CNC1Nc2cncnc2N1C1CCCC1. The Morgan fingerprint density at radius 3 is 3.00 bits per heavy atom. The zero-order chi connectivity index (χ0) is 16.8. The summed E-state index contributed by atoms with van der Waals surface area (Å²) in [6.45, 7) is 2.28. The predicted octanol–water partition coefficient (Wildman–Crippen LogP) is 3.38. The van der Waals surface area contributed by atoms with Crippen molar-refractivity contribution in [3.8, 4) is 0 Å². The molecule has 2 heterocycles. The minimum absolute atomic E-state index is 0.0471. The van der Waals surface area contributed by atoms with E-state index < -0.39 is 6.17 Å². The van der Waals surface area contributed by atoms with Crippen LogP contribution in [0.2, 0.25) is 0 Å². The Kier molecular flexibility index (Phi) is 5.80. The lowest BCUT2D eigenvalue weighted by Crippen LogP contribution is -2.51. The maximum Gasteiger partial charge on any atom is 0.158 e. The molecule has 2 N–H and O–H groups in total. The van der Waals surface area contributed by atoms with Crippen LogP contribution in [0.15, 0.2) is 36.8 Å². The normalized spacial score (nSPS) is 22.4. The number of allylic oxidation sites excluding steroid dienone is 3. The van der Waals surface area contributed by atoms with Crippen LogP contribution in [0.1, 0.15) is 39.0 Å². The van der Waals surface area contributed by atoms with Gasteiger partial charge in [-0.3, -0.25) is 5.32 Å². The molecule has 0 saturated heterocycles. The van der Waals surface area contributed by atoms with E-state index in [9.17, 15) is 4.39 Å². The van der Waals surface area contributed by atoms with Crippen molar-refractivity contribution in [3.63, 3.8) is 0 Å². The number of hydrogen-bond acceptors (Lipinski definition) is 5. The van der Waals surface area contributed by atoms with Gasteiger partial charge in [0.2, 0.25) is 0 Å². The number of alkyl halides is 1. The number of anilines is 2. The summed E-state index contributed by atoms with van der Waals surface area (Å²) in [4.78, 5) is 10.9. The first-order valence-corrected chi connectivity index (χ1v) is 8.79. The van der Waals surface area contributed by atoms with Crippen molar-refractivity contribution in [3.05, 3.63) is 36.8 Å². The van der Waals surface area contributed by atoms with Gasteiger partial charge in [0.15, 0.2) is 12.1 Å². The van der Waals surface area contributed by atoms with E-state index in [-0.39, 0.29) is 6.29 Å². The summed E-state index contributed by atoms with van der Waals surface area (Å²) >= 11 is 0. The number of nitrogens with one attached hydrogen (secondary N) is 2. The summed E-state index contributed by atoms with van der Waals surface area (Å²) in [5.74, 6) is 0.998. The molecule has 1 fully saturated rings. The molecule has 24 heavy (non-hydrogen) atoms. The molecule has 5 nitrogen and oxygen atoms in total. The highest BCUT2D eigenvalue weighted by Crippen LogP contribution is 2.36. The molecule has 1 aromatic heterocycles. The van der Waals surface area contributed by atoms with E-state index in [1.165, 1.54) is 32.6 Å². The number of halogens is 1. The molecule has 3 rings (SSSR count). The third-order valence-corrected chi connectivity index (χ3v) is 4.49. The van der Waals surface area contributed by atoms with Gasteiger partial charge in [0.1, 0.15) is 12.5 Å².